The molecule has 0 atom stereocenters. The number of likely N-dealkylation sites (tertiary alicyclic amines) is 1. The van der Waals surface area contributed by atoms with Gasteiger partial charge in [0.15, 0.2) is 0 Å². The van der Waals surface area contributed by atoms with E-state index in [4.69, 9.17) is 4.74 Å². The van der Waals surface area contributed by atoms with Crippen molar-refractivity contribution in [1.29, 1.82) is 0 Å². The Labute approximate surface area is 145 Å². The van der Waals surface area contributed by atoms with Gasteiger partial charge in [-0.15, -0.1) is 21.5 Å². The van der Waals surface area contributed by atoms with Gasteiger partial charge in [-0.25, -0.2) is 4.79 Å². The van der Waals surface area contributed by atoms with Crippen molar-refractivity contribution < 1.29 is 9.53 Å². The summed E-state index contributed by atoms with van der Waals surface area (Å²) in [6.07, 6.45) is 2.78. The van der Waals surface area contributed by atoms with E-state index in [9.17, 15) is 4.79 Å². The van der Waals surface area contributed by atoms with Crippen LogP contribution < -0.4 is 10.1 Å². The molecule has 1 fully saturated rings. The lowest BCUT2D eigenvalue weighted by atomic mass is 9.98. The number of amides is 2. The Morgan fingerprint density at radius 3 is 2.75 bits per heavy atom. The van der Waals surface area contributed by atoms with Crippen molar-refractivity contribution in [2.75, 3.05) is 25.5 Å². The normalized spacial score (nSPS) is 15.3. The molecule has 2 aromatic rings. The molecular formula is C17H22N4O2S. The number of rotatable bonds is 4. The number of hydrogen-bond donors (Lipinski definition) is 1. The van der Waals surface area contributed by atoms with Gasteiger partial charge in [0, 0.05) is 19.0 Å². The minimum absolute atomic E-state index is 0.0792. The first kappa shape index (κ1) is 16.7. The number of piperidine rings is 1. The number of methoxy groups -OCH3 is 1. The highest BCUT2D eigenvalue weighted by Gasteiger charge is 2.26. The van der Waals surface area contributed by atoms with Crippen LogP contribution in [0, 0.1) is 0 Å². The predicted octanol–water partition coefficient (Wildman–Crippen LogP) is 3.52. The number of aromatic nitrogens is 2. The quantitative estimate of drug-likeness (QED) is 0.920. The van der Waals surface area contributed by atoms with Crippen LogP contribution in [0.15, 0.2) is 24.3 Å². The maximum Gasteiger partial charge on any atom is 0.321 e. The largest absolute Gasteiger partial charge is 0.495 e. The van der Waals surface area contributed by atoms with E-state index < -0.39 is 0 Å². The molecule has 1 aliphatic rings. The summed E-state index contributed by atoms with van der Waals surface area (Å²) >= 11 is 1.70. The second kappa shape index (κ2) is 7.61. The van der Waals surface area contributed by atoms with Gasteiger partial charge < -0.3 is 15.0 Å². The third-order valence-corrected chi connectivity index (χ3v) is 5.49. The molecule has 1 aliphatic heterocycles. The highest BCUT2D eigenvalue weighted by atomic mass is 32.1. The van der Waals surface area contributed by atoms with Gasteiger partial charge in [-0.1, -0.05) is 19.1 Å². The van der Waals surface area contributed by atoms with Crippen molar-refractivity contribution in [2.45, 2.75) is 32.1 Å². The van der Waals surface area contributed by atoms with Gasteiger partial charge >= 0.3 is 6.03 Å². The van der Waals surface area contributed by atoms with Gasteiger partial charge in [0.05, 0.1) is 12.8 Å². The summed E-state index contributed by atoms with van der Waals surface area (Å²) in [5, 5.41) is 13.6. The molecule has 1 aromatic heterocycles. The van der Waals surface area contributed by atoms with E-state index in [-0.39, 0.29) is 6.03 Å². The van der Waals surface area contributed by atoms with E-state index in [0.717, 1.165) is 42.4 Å². The Balaban J connectivity index is 1.57. The number of aryl methyl sites for hydroxylation is 1. The Kier molecular flexibility index (Phi) is 5.30. The molecule has 3 rings (SSSR count). The lowest BCUT2D eigenvalue weighted by molar-refractivity contribution is 0.194. The smallest absolute Gasteiger partial charge is 0.321 e. The summed E-state index contributed by atoms with van der Waals surface area (Å²) in [5.74, 6) is 1.08. The number of ether oxygens (including phenoxy) is 1. The highest BCUT2D eigenvalue weighted by molar-refractivity contribution is 7.11. The Morgan fingerprint density at radius 2 is 2.08 bits per heavy atom. The SMILES string of the molecule is CCc1nnc(C2CCN(C(=O)Nc3ccccc3OC)CC2)s1. The van der Waals surface area contributed by atoms with Crippen molar-refractivity contribution in [3.63, 3.8) is 0 Å². The van der Waals surface area contributed by atoms with Crippen LogP contribution in [-0.2, 0) is 6.42 Å². The lowest BCUT2D eigenvalue weighted by Gasteiger charge is -2.31. The number of carbonyl (C=O) groups is 1. The Morgan fingerprint density at radius 1 is 1.33 bits per heavy atom. The van der Waals surface area contributed by atoms with Crippen LogP contribution in [0.1, 0.15) is 35.7 Å². The maximum absolute atomic E-state index is 12.5. The Hall–Kier alpha value is -2.15. The zero-order valence-corrected chi connectivity index (χ0v) is 14.8. The van der Waals surface area contributed by atoms with E-state index in [1.165, 1.54) is 0 Å². The van der Waals surface area contributed by atoms with E-state index in [2.05, 4.69) is 22.4 Å². The third-order valence-electron chi connectivity index (χ3n) is 4.26. The summed E-state index contributed by atoms with van der Waals surface area (Å²) in [5.41, 5.74) is 0.698. The fourth-order valence-electron chi connectivity index (χ4n) is 2.85. The monoisotopic (exact) mass is 346 g/mol. The molecule has 1 N–H and O–H groups in total. The van der Waals surface area contributed by atoms with Gasteiger partial charge in [-0.2, -0.15) is 0 Å². The number of urea groups is 1. The summed E-state index contributed by atoms with van der Waals surface area (Å²) in [7, 11) is 1.60. The minimum Gasteiger partial charge on any atom is -0.495 e. The minimum atomic E-state index is -0.0792. The summed E-state index contributed by atoms with van der Waals surface area (Å²) in [6, 6.07) is 7.36. The average Bonchev–Trinajstić information content (AvgIpc) is 3.11. The van der Waals surface area contributed by atoms with Gasteiger partial charge in [-0.05, 0) is 31.4 Å². The lowest BCUT2D eigenvalue weighted by Crippen LogP contribution is -2.40. The van der Waals surface area contributed by atoms with Crippen LogP contribution >= 0.6 is 11.3 Å². The number of para-hydroxylation sites is 2. The molecule has 0 radical (unpaired) electrons. The first-order valence-electron chi connectivity index (χ1n) is 8.22. The predicted molar refractivity (Wildman–Crippen MR) is 94.8 cm³/mol. The second-order valence-corrected chi connectivity index (χ2v) is 6.87. The third kappa shape index (κ3) is 3.67. The molecule has 0 aliphatic carbocycles. The van der Waals surface area contributed by atoms with Crippen molar-refractivity contribution in [1.82, 2.24) is 15.1 Å². The first-order valence-corrected chi connectivity index (χ1v) is 9.04. The fraction of sp³-hybridized carbons (Fsp3) is 0.471. The molecule has 0 spiro atoms. The number of nitrogens with zero attached hydrogens (tertiary/aromatic N) is 3. The van der Waals surface area contributed by atoms with Crippen molar-refractivity contribution in [3.8, 4) is 5.75 Å². The number of nitrogens with one attached hydrogen (secondary N) is 1. The zero-order valence-electron chi connectivity index (χ0n) is 14.0. The van der Waals surface area contributed by atoms with Crippen LogP contribution in [0.2, 0.25) is 0 Å². The fourth-order valence-corrected chi connectivity index (χ4v) is 3.80. The van der Waals surface area contributed by atoms with Crippen LogP contribution in [-0.4, -0.2) is 41.3 Å². The van der Waals surface area contributed by atoms with E-state index >= 15 is 0 Å². The molecule has 6 nitrogen and oxygen atoms in total. The topological polar surface area (TPSA) is 67.4 Å². The first-order chi connectivity index (χ1) is 11.7. The molecule has 24 heavy (non-hydrogen) atoms. The van der Waals surface area contributed by atoms with Crippen molar-refractivity contribution >= 4 is 23.1 Å². The highest BCUT2D eigenvalue weighted by Crippen LogP contribution is 2.31. The maximum atomic E-state index is 12.5. The molecule has 0 unspecified atom stereocenters. The molecular weight excluding hydrogens is 324 g/mol. The van der Waals surface area contributed by atoms with Crippen LogP contribution in [0.5, 0.6) is 5.75 Å². The zero-order chi connectivity index (χ0) is 16.9. The summed E-state index contributed by atoms with van der Waals surface area (Å²) in [4.78, 5) is 14.3. The second-order valence-electron chi connectivity index (χ2n) is 5.78. The van der Waals surface area contributed by atoms with E-state index in [1.807, 2.05) is 29.2 Å². The van der Waals surface area contributed by atoms with Crippen molar-refractivity contribution in [2.24, 2.45) is 0 Å². The summed E-state index contributed by atoms with van der Waals surface area (Å²) < 4.78 is 5.27. The van der Waals surface area contributed by atoms with Gasteiger partial charge in [-0.3, -0.25) is 0 Å². The molecule has 7 heteroatoms. The molecule has 0 bridgehead atoms. The average molecular weight is 346 g/mol. The number of benzene rings is 1. The van der Waals surface area contributed by atoms with Gasteiger partial charge in [0.25, 0.3) is 0 Å². The molecule has 1 saturated heterocycles. The summed E-state index contributed by atoms with van der Waals surface area (Å²) in [6.45, 7) is 3.55. The number of carbonyl (C=O) groups excluding carboxylic acids is 1. The standard InChI is InChI=1S/C17H22N4O2S/c1-3-15-19-20-16(24-15)12-8-10-21(11-9-12)17(22)18-13-6-4-5-7-14(13)23-2/h4-7,12H,3,8-11H2,1-2H3,(H,18,22). The van der Waals surface area contributed by atoms with Crippen LogP contribution in [0.25, 0.3) is 0 Å². The van der Waals surface area contributed by atoms with E-state index in [0.29, 0.717) is 17.4 Å². The molecule has 2 amide bonds. The molecule has 1 aromatic carbocycles. The van der Waals surface area contributed by atoms with Crippen LogP contribution in [0.3, 0.4) is 0 Å². The number of anilines is 1. The van der Waals surface area contributed by atoms with Crippen LogP contribution in [0.4, 0.5) is 10.5 Å². The number of hydrogen-bond acceptors (Lipinski definition) is 5. The molecule has 2 heterocycles. The van der Waals surface area contributed by atoms with E-state index in [1.54, 1.807) is 18.4 Å². The Bertz CT molecular complexity index is 695. The van der Waals surface area contributed by atoms with Gasteiger partial charge in [0.2, 0.25) is 0 Å². The molecule has 0 saturated carbocycles. The van der Waals surface area contributed by atoms with Crippen molar-refractivity contribution in [3.05, 3.63) is 34.3 Å². The molecule has 128 valence electrons. The van der Waals surface area contributed by atoms with Gasteiger partial charge in [0.1, 0.15) is 15.8 Å².